The molecule has 0 aliphatic rings. The van der Waals surface area contributed by atoms with Crippen LogP contribution in [0.2, 0.25) is 0 Å². The van der Waals surface area contributed by atoms with E-state index in [9.17, 15) is 0 Å². The zero-order chi connectivity index (χ0) is 36.3. The minimum Gasteiger partial charge on any atom is -0.456 e. The number of fused-ring (bicyclic) bond motifs is 8. The molecule has 0 aliphatic heterocycles. The highest BCUT2D eigenvalue weighted by molar-refractivity contribution is 7.25. The van der Waals surface area contributed by atoms with E-state index in [0.717, 1.165) is 39.0 Å². The highest BCUT2D eigenvalue weighted by atomic mass is 32.1. The molecule has 0 unspecified atom stereocenters. The summed E-state index contributed by atoms with van der Waals surface area (Å²) in [5, 5.41) is 7.25. The molecule has 0 saturated heterocycles. The maximum absolute atomic E-state index is 6.84. The van der Waals surface area contributed by atoms with Crippen LogP contribution in [0.3, 0.4) is 0 Å². The average molecular weight is 720 g/mol. The van der Waals surface area contributed by atoms with Crippen molar-refractivity contribution in [1.82, 2.24) is 0 Å². The van der Waals surface area contributed by atoms with Gasteiger partial charge in [-0.25, -0.2) is 0 Å². The summed E-state index contributed by atoms with van der Waals surface area (Å²) < 4.78 is 9.41. The minimum atomic E-state index is 0.864. The van der Waals surface area contributed by atoms with E-state index in [1.807, 2.05) is 11.3 Å². The molecule has 2 nitrogen and oxygen atoms in total. The lowest BCUT2D eigenvalue weighted by molar-refractivity contribution is 0.669. The highest BCUT2D eigenvalue weighted by Crippen LogP contribution is 2.45. The lowest BCUT2D eigenvalue weighted by Crippen LogP contribution is -2.09. The molecule has 9 aromatic carbocycles. The minimum absolute atomic E-state index is 0.864. The average Bonchev–Trinajstić information content (AvgIpc) is 3.82. The van der Waals surface area contributed by atoms with Gasteiger partial charge in [-0.1, -0.05) is 146 Å². The van der Waals surface area contributed by atoms with Crippen molar-refractivity contribution in [2.24, 2.45) is 0 Å². The summed E-state index contributed by atoms with van der Waals surface area (Å²) in [4.78, 5) is 2.35. The van der Waals surface area contributed by atoms with E-state index < -0.39 is 0 Å². The second-order valence-corrected chi connectivity index (χ2v) is 15.2. The van der Waals surface area contributed by atoms with Crippen molar-refractivity contribution in [2.75, 3.05) is 4.90 Å². The third-order valence-electron chi connectivity index (χ3n) is 10.9. The third-order valence-corrected chi connectivity index (χ3v) is 12.0. The molecule has 0 bridgehead atoms. The molecule has 3 heteroatoms. The second-order valence-electron chi connectivity index (χ2n) is 14.1. The first-order chi connectivity index (χ1) is 27.2. The molecule has 258 valence electrons. The number of nitrogens with zero attached hydrogens (tertiary/aromatic N) is 1. The van der Waals surface area contributed by atoms with Crippen molar-refractivity contribution in [3.05, 3.63) is 200 Å². The first-order valence-electron chi connectivity index (χ1n) is 18.7. The molecular formula is C52H33NOS. The summed E-state index contributed by atoms with van der Waals surface area (Å²) in [6, 6.07) is 72.0. The lowest BCUT2D eigenvalue weighted by Gasteiger charge is -2.26. The van der Waals surface area contributed by atoms with Crippen molar-refractivity contribution >= 4 is 81.3 Å². The van der Waals surface area contributed by atoms with E-state index in [1.165, 1.54) is 64.3 Å². The van der Waals surface area contributed by atoms with Crippen LogP contribution in [0.4, 0.5) is 17.1 Å². The molecule has 2 aromatic heterocycles. The SMILES string of the molecule is c1ccc(-c2ccc(-c3cc4oc5cc(N(c6ccc(-c7ccccc7)cc6)c6ccc7c(c6)sc6ccccc67)ccc5c4c4ccccc34)cc2)cc1. The van der Waals surface area contributed by atoms with Crippen LogP contribution in [-0.2, 0) is 0 Å². The molecule has 11 aromatic rings. The molecule has 0 fully saturated rings. The Kier molecular flexibility index (Phi) is 7.39. The molecule has 0 saturated carbocycles. The number of benzene rings is 9. The number of rotatable bonds is 6. The lowest BCUT2D eigenvalue weighted by atomic mass is 9.94. The normalized spacial score (nSPS) is 11.6. The molecule has 55 heavy (non-hydrogen) atoms. The van der Waals surface area contributed by atoms with Gasteiger partial charge in [0, 0.05) is 54.1 Å². The zero-order valence-corrected chi connectivity index (χ0v) is 30.6. The monoisotopic (exact) mass is 719 g/mol. The summed E-state index contributed by atoms with van der Waals surface area (Å²) >= 11 is 1.84. The molecule has 0 amide bonds. The van der Waals surface area contributed by atoms with Crippen LogP contribution in [0.25, 0.3) is 86.3 Å². The summed E-state index contributed by atoms with van der Waals surface area (Å²) in [6.45, 7) is 0. The zero-order valence-electron chi connectivity index (χ0n) is 29.8. The third kappa shape index (κ3) is 5.40. The largest absolute Gasteiger partial charge is 0.456 e. The Balaban J connectivity index is 1.06. The first kappa shape index (κ1) is 31.6. The number of hydrogen-bond acceptors (Lipinski definition) is 3. The van der Waals surface area contributed by atoms with E-state index in [1.54, 1.807) is 0 Å². The predicted molar refractivity (Wildman–Crippen MR) is 235 cm³/mol. The Morgan fingerprint density at radius 2 is 0.836 bits per heavy atom. The fraction of sp³-hybridized carbons (Fsp3) is 0. The topological polar surface area (TPSA) is 16.4 Å². The van der Waals surface area contributed by atoms with E-state index in [-0.39, 0.29) is 0 Å². The van der Waals surface area contributed by atoms with E-state index in [2.05, 4.69) is 205 Å². The summed E-state index contributed by atoms with van der Waals surface area (Å²) in [7, 11) is 0. The molecule has 0 spiro atoms. The Bertz CT molecular complexity index is 3180. The van der Waals surface area contributed by atoms with Crippen molar-refractivity contribution in [3.8, 4) is 33.4 Å². The van der Waals surface area contributed by atoms with Gasteiger partial charge >= 0.3 is 0 Å². The molecule has 0 atom stereocenters. The number of anilines is 3. The van der Waals surface area contributed by atoms with Gasteiger partial charge in [0.15, 0.2) is 0 Å². The van der Waals surface area contributed by atoms with Crippen molar-refractivity contribution in [2.45, 2.75) is 0 Å². The quantitative estimate of drug-likeness (QED) is 0.170. The first-order valence-corrected chi connectivity index (χ1v) is 19.5. The van der Waals surface area contributed by atoms with Crippen molar-refractivity contribution in [1.29, 1.82) is 0 Å². The maximum Gasteiger partial charge on any atom is 0.137 e. The van der Waals surface area contributed by atoms with Crippen LogP contribution < -0.4 is 4.90 Å². The molecular weight excluding hydrogens is 687 g/mol. The van der Waals surface area contributed by atoms with Gasteiger partial charge < -0.3 is 9.32 Å². The molecule has 0 N–H and O–H groups in total. The number of thiophene rings is 1. The Morgan fingerprint density at radius 1 is 0.327 bits per heavy atom. The van der Waals surface area contributed by atoms with Crippen LogP contribution in [0.1, 0.15) is 0 Å². The Hall–Kier alpha value is -6.94. The van der Waals surface area contributed by atoms with E-state index >= 15 is 0 Å². The van der Waals surface area contributed by atoms with Crippen LogP contribution in [0.5, 0.6) is 0 Å². The Morgan fingerprint density at radius 3 is 1.55 bits per heavy atom. The second kappa shape index (κ2) is 12.9. The fourth-order valence-electron chi connectivity index (χ4n) is 8.21. The van der Waals surface area contributed by atoms with Gasteiger partial charge in [-0.2, -0.15) is 0 Å². The predicted octanol–water partition coefficient (Wildman–Crippen LogP) is 15.6. The van der Waals surface area contributed by atoms with Crippen LogP contribution in [-0.4, -0.2) is 0 Å². The van der Waals surface area contributed by atoms with Gasteiger partial charge in [0.25, 0.3) is 0 Å². The van der Waals surface area contributed by atoms with Crippen molar-refractivity contribution in [3.63, 3.8) is 0 Å². The van der Waals surface area contributed by atoms with Crippen LogP contribution >= 0.6 is 11.3 Å². The van der Waals surface area contributed by atoms with E-state index in [0.29, 0.717) is 0 Å². The van der Waals surface area contributed by atoms with Gasteiger partial charge in [0.05, 0.1) is 0 Å². The van der Waals surface area contributed by atoms with Gasteiger partial charge in [0.1, 0.15) is 11.2 Å². The Labute approximate surface area is 322 Å². The molecule has 2 heterocycles. The summed E-state index contributed by atoms with van der Waals surface area (Å²) in [5.41, 5.74) is 12.1. The van der Waals surface area contributed by atoms with Gasteiger partial charge in [-0.3, -0.25) is 0 Å². The smallest absolute Gasteiger partial charge is 0.137 e. The number of furan rings is 1. The van der Waals surface area contributed by atoms with Crippen LogP contribution in [0, 0.1) is 0 Å². The molecule has 0 aliphatic carbocycles. The summed E-state index contributed by atoms with van der Waals surface area (Å²) in [6.07, 6.45) is 0. The van der Waals surface area contributed by atoms with E-state index in [4.69, 9.17) is 4.42 Å². The highest BCUT2D eigenvalue weighted by Gasteiger charge is 2.19. The molecule has 0 radical (unpaired) electrons. The van der Waals surface area contributed by atoms with Gasteiger partial charge in [0.2, 0.25) is 0 Å². The van der Waals surface area contributed by atoms with Gasteiger partial charge in [-0.05, 0) is 92.7 Å². The van der Waals surface area contributed by atoms with Crippen LogP contribution in [0.15, 0.2) is 205 Å². The summed E-state index contributed by atoms with van der Waals surface area (Å²) in [5.74, 6) is 0. The maximum atomic E-state index is 6.84. The fourth-order valence-corrected chi connectivity index (χ4v) is 9.35. The van der Waals surface area contributed by atoms with Crippen molar-refractivity contribution < 1.29 is 4.42 Å². The standard InChI is InChI=1S/C52H33NOS/c1-3-11-34(12-4-1)36-19-21-38(22-20-36)47-33-49-52(45-17-8-7-15-42(45)47)46-30-28-40(31-48(46)54-49)53(39-25-23-37(24-26-39)35-13-5-2-6-14-35)41-27-29-44-43-16-9-10-18-50(43)55-51(44)32-41/h1-33H. The number of hydrogen-bond donors (Lipinski definition) is 0. The van der Waals surface area contributed by atoms with Gasteiger partial charge in [-0.15, -0.1) is 11.3 Å². The molecule has 11 rings (SSSR count).